The fraction of sp³-hybridized carbons (Fsp3) is 0.294. The Bertz CT molecular complexity index is 819. The number of ether oxygens (including phenoxy) is 2. The van der Waals surface area contributed by atoms with Crippen molar-refractivity contribution >= 4 is 5.97 Å². The zero-order valence-electron chi connectivity index (χ0n) is 13.5. The van der Waals surface area contributed by atoms with E-state index < -0.39 is 11.5 Å². The van der Waals surface area contributed by atoms with Gasteiger partial charge in [-0.05, 0) is 44.2 Å². The third-order valence-electron chi connectivity index (χ3n) is 3.15. The quantitative estimate of drug-likeness (QED) is 0.753. The van der Waals surface area contributed by atoms with Crippen molar-refractivity contribution in [3.05, 3.63) is 46.2 Å². The number of rotatable bonds is 6. The molecule has 7 nitrogen and oxygen atoms in total. The summed E-state index contributed by atoms with van der Waals surface area (Å²) in [4.78, 5) is 24.2. The molecule has 0 bridgehead atoms. The maximum Gasteiger partial charge on any atom is 0.343 e. The number of nitriles is 1. The second kappa shape index (κ2) is 7.92. The number of aromatic nitrogens is 2. The molecule has 0 saturated carbocycles. The maximum atomic E-state index is 12.2. The molecule has 0 N–H and O–H groups in total. The zero-order chi connectivity index (χ0) is 17.5. The van der Waals surface area contributed by atoms with Crippen molar-refractivity contribution in [3.8, 4) is 23.1 Å². The Kier molecular flexibility index (Phi) is 5.68. The van der Waals surface area contributed by atoms with E-state index in [4.69, 9.17) is 14.7 Å². The molecule has 0 unspecified atom stereocenters. The molecule has 2 rings (SSSR count). The molecule has 124 valence electrons. The Hall–Kier alpha value is -3.14. The van der Waals surface area contributed by atoms with E-state index in [1.807, 2.05) is 13.0 Å². The van der Waals surface area contributed by atoms with Gasteiger partial charge in [0.05, 0.1) is 25.0 Å². The van der Waals surface area contributed by atoms with Gasteiger partial charge in [-0.1, -0.05) is 0 Å². The summed E-state index contributed by atoms with van der Waals surface area (Å²) in [5.41, 5.74) is 0.294. The van der Waals surface area contributed by atoms with E-state index in [9.17, 15) is 9.59 Å². The molecule has 7 heteroatoms. The number of hydrogen-bond donors (Lipinski definition) is 0. The van der Waals surface area contributed by atoms with Gasteiger partial charge in [0, 0.05) is 5.56 Å². The highest BCUT2D eigenvalue weighted by atomic mass is 16.5. The first kappa shape index (κ1) is 17.2. The van der Waals surface area contributed by atoms with Gasteiger partial charge in [-0.2, -0.15) is 10.4 Å². The van der Waals surface area contributed by atoms with Gasteiger partial charge in [-0.3, -0.25) is 4.79 Å². The number of nitrogens with zero attached hydrogens (tertiary/aromatic N) is 3. The third kappa shape index (κ3) is 3.79. The van der Waals surface area contributed by atoms with Crippen molar-refractivity contribution in [2.75, 3.05) is 13.2 Å². The third-order valence-corrected chi connectivity index (χ3v) is 3.15. The monoisotopic (exact) mass is 327 g/mol. The van der Waals surface area contributed by atoms with Crippen LogP contribution in [0.5, 0.6) is 5.75 Å². The van der Waals surface area contributed by atoms with Crippen LogP contribution in [-0.4, -0.2) is 29.0 Å². The molecule has 0 amide bonds. The molecule has 1 heterocycles. The van der Waals surface area contributed by atoms with Crippen molar-refractivity contribution in [1.82, 2.24) is 9.78 Å². The molecule has 0 atom stereocenters. The molecule has 0 aliphatic carbocycles. The molecule has 0 fully saturated rings. The Morgan fingerprint density at radius 1 is 1.25 bits per heavy atom. The molecule has 0 saturated heterocycles. The zero-order valence-corrected chi connectivity index (χ0v) is 13.5. The van der Waals surface area contributed by atoms with Crippen LogP contribution in [0.15, 0.2) is 35.1 Å². The summed E-state index contributed by atoms with van der Waals surface area (Å²) >= 11 is 0. The molecule has 1 aromatic heterocycles. The van der Waals surface area contributed by atoms with Gasteiger partial charge >= 0.3 is 5.97 Å². The van der Waals surface area contributed by atoms with Crippen LogP contribution in [0.25, 0.3) is 11.3 Å². The van der Waals surface area contributed by atoms with Crippen LogP contribution < -0.4 is 10.3 Å². The summed E-state index contributed by atoms with van der Waals surface area (Å²) in [5.74, 6) is -0.0269. The minimum Gasteiger partial charge on any atom is -0.494 e. The van der Waals surface area contributed by atoms with Crippen LogP contribution in [0.1, 0.15) is 24.2 Å². The minimum atomic E-state index is -0.733. The molecule has 0 spiro atoms. The number of carbonyl (C=O) groups is 1. The summed E-state index contributed by atoms with van der Waals surface area (Å²) in [7, 11) is 0. The second-order valence-electron chi connectivity index (χ2n) is 4.74. The SMILES string of the molecule is CCOC(=O)c1cc(-c2ccc(OCC)cc2)nn(CC#N)c1=O. The van der Waals surface area contributed by atoms with Crippen molar-refractivity contribution in [2.24, 2.45) is 0 Å². The highest BCUT2D eigenvalue weighted by molar-refractivity contribution is 5.90. The van der Waals surface area contributed by atoms with E-state index in [1.165, 1.54) is 6.07 Å². The molecule has 2 aromatic rings. The Morgan fingerprint density at radius 2 is 1.96 bits per heavy atom. The second-order valence-corrected chi connectivity index (χ2v) is 4.74. The first-order valence-corrected chi connectivity index (χ1v) is 7.50. The van der Waals surface area contributed by atoms with Crippen LogP contribution in [0.2, 0.25) is 0 Å². The Morgan fingerprint density at radius 3 is 2.54 bits per heavy atom. The average Bonchev–Trinajstić information content (AvgIpc) is 2.58. The van der Waals surface area contributed by atoms with E-state index in [-0.39, 0.29) is 18.7 Å². The van der Waals surface area contributed by atoms with E-state index in [0.717, 1.165) is 4.68 Å². The lowest BCUT2D eigenvalue weighted by molar-refractivity contribution is 0.0523. The predicted molar refractivity (Wildman–Crippen MR) is 86.7 cm³/mol. The molecule has 0 radical (unpaired) electrons. The van der Waals surface area contributed by atoms with Crippen molar-refractivity contribution < 1.29 is 14.3 Å². The topological polar surface area (TPSA) is 94.2 Å². The molecule has 1 aromatic carbocycles. The Labute approximate surface area is 139 Å². The molecule has 0 aliphatic heterocycles. The smallest absolute Gasteiger partial charge is 0.343 e. The summed E-state index contributed by atoms with van der Waals surface area (Å²) in [6.07, 6.45) is 0. The number of esters is 1. The van der Waals surface area contributed by atoms with Crippen LogP contribution in [0.4, 0.5) is 0 Å². The largest absolute Gasteiger partial charge is 0.494 e. The lowest BCUT2D eigenvalue weighted by atomic mass is 10.1. The molecule has 0 aliphatic rings. The lowest BCUT2D eigenvalue weighted by Gasteiger charge is -2.09. The van der Waals surface area contributed by atoms with E-state index >= 15 is 0 Å². The van der Waals surface area contributed by atoms with Gasteiger partial charge in [0.15, 0.2) is 0 Å². The highest BCUT2D eigenvalue weighted by Gasteiger charge is 2.17. The van der Waals surface area contributed by atoms with Crippen molar-refractivity contribution in [1.29, 1.82) is 5.26 Å². The molecular weight excluding hydrogens is 310 g/mol. The summed E-state index contributed by atoms with van der Waals surface area (Å²) < 4.78 is 11.2. The van der Waals surface area contributed by atoms with E-state index in [2.05, 4.69) is 5.10 Å². The number of benzene rings is 1. The van der Waals surface area contributed by atoms with Crippen LogP contribution in [0, 0.1) is 11.3 Å². The molecule has 24 heavy (non-hydrogen) atoms. The normalized spacial score (nSPS) is 10.0. The van der Waals surface area contributed by atoms with Gasteiger partial charge in [-0.15, -0.1) is 0 Å². The summed E-state index contributed by atoms with van der Waals surface area (Å²) in [5, 5.41) is 13.0. The summed E-state index contributed by atoms with van der Waals surface area (Å²) in [6, 6.07) is 10.3. The van der Waals surface area contributed by atoms with Gasteiger partial charge in [0.2, 0.25) is 0 Å². The highest BCUT2D eigenvalue weighted by Crippen LogP contribution is 2.21. The number of carbonyl (C=O) groups excluding carboxylic acids is 1. The minimum absolute atomic E-state index is 0.147. The average molecular weight is 327 g/mol. The van der Waals surface area contributed by atoms with Crippen molar-refractivity contribution in [3.63, 3.8) is 0 Å². The van der Waals surface area contributed by atoms with Crippen LogP contribution in [0.3, 0.4) is 0 Å². The lowest BCUT2D eigenvalue weighted by Crippen LogP contribution is -2.29. The predicted octanol–water partition coefficient (Wildman–Crippen LogP) is 2.01. The fourth-order valence-electron chi connectivity index (χ4n) is 2.10. The van der Waals surface area contributed by atoms with Crippen LogP contribution >= 0.6 is 0 Å². The standard InChI is InChI=1S/C17H17N3O4/c1-3-23-13-7-5-12(6-8-13)15-11-14(17(22)24-4-2)16(21)20(19-15)10-9-18/h5-8,11H,3-4,10H2,1-2H3. The Balaban J connectivity index is 2.51. The van der Waals surface area contributed by atoms with E-state index in [1.54, 1.807) is 31.2 Å². The van der Waals surface area contributed by atoms with Gasteiger partial charge in [0.25, 0.3) is 5.56 Å². The maximum absolute atomic E-state index is 12.2. The van der Waals surface area contributed by atoms with Gasteiger partial charge in [0.1, 0.15) is 17.9 Å². The number of hydrogen-bond acceptors (Lipinski definition) is 6. The first-order chi connectivity index (χ1) is 11.6. The summed E-state index contributed by atoms with van der Waals surface area (Å²) in [6.45, 7) is 3.99. The molecular formula is C17H17N3O4. The first-order valence-electron chi connectivity index (χ1n) is 7.50. The van der Waals surface area contributed by atoms with Gasteiger partial charge < -0.3 is 9.47 Å². The van der Waals surface area contributed by atoms with Crippen molar-refractivity contribution in [2.45, 2.75) is 20.4 Å². The van der Waals surface area contributed by atoms with Crippen LogP contribution in [-0.2, 0) is 11.3 Å². The van der Waals surface area contributed by atoms with Gasteiger partial charge in [-0.25, -0.2) is 9.48 Å². The van der Waals surface area contributed by atoms with E-state index in [0.29, 0.717) is 23.6 Å². The fourth-order valence-corrected chi connectivity index (χ4v) is 2.10.